The van der Waals surface area contributed by atoms with Crippen LogP contribution in [0, 0.1) is 6.92 Å². The summed E-state index contributed by atoms with van der Waals surface area (Å²) < 4.78 is 5.23. The number of thioether (sulfide) groups is 1. The molecule has 0 aromatic carbocycles. The first-order chi connectivity index (χ1) is 7.79. The molecule has 0 atom stereocenters. The molecule has 0 saturated heterocycles. The molecule has 86 valence electrons. The van der Waals surface area contributed by atoms with Crippen LogP contribution in [0.1, 0.15) is 17.7 Å². The van der Waals surface area contributed by atoms with Crippen LogP contribution in [-0.2, 0) is 5.75 Å². The number of nitrogens with zero attached hydrogens (tertiary/aromatic N) is 2. The first-order valence-corrected chi connectivity index (χ1v) is 6.83. The molecule has 2 heterocycles. The summed E-state index contributed by atoms with van der Waals surface area (Å²) in [6.45, 7) is 4.89. The maximum absolute atomic E-state index is 5.23. The first kappa shape index (κ1) is 11.5. The standard InChI is InChI=1S/C10H13N3OS2/c1-3-11-10-13-12-9(16-10)6-15-8-4-5-14-7(8)2/h4-5H,3,6H2,1-2H3,(H,11,13). The van der Waals surface area contributed by atoms with Gasteiger partial charge in [-0.15, -0.1) is 22.0 Å². The van der Waals surface area contributed by atoms with Gasteiger partial charge in [-0.1, -0.05) is 11.3 Å². The molecule has 2 aromatic rings. The van der Waals surface area contributed by atoms with E-state index >= 15 is 0 Å². The molecule has 0 radical (unpaired) electrons. The molecular formula is C10H13N3OS2. The Bertz CT molecular complexity index is 452. The van der Waals surface area contributed by atoms with Gasteiger partial charge in [0.05, 0.1) is 12.0 Å². The molecule has 0 aliphatic rings. The van der Waals surface area contributed by atoms with E-state index in [-0.39, 0.29) is 0 Å². The predicted molar refractivity (Wildman–Crippen MR) is 67.1 cm³/mol. The summed E-state index contributed by atoms with van der Waals surface area (Å²) in [5.74, 6) is 1.80. The summed E-state index contributed by atoms with van der Waals surface area (Å²) in [5.41, 5.74) is 0. The zero-order valence-corrected chi connectivity index (χ0v) is 10.8. The Kier molecular flexibility index (Phi) is 3.84. The molecule has 0 unspecified atom stereocenters. The number of furan rings is 1. The Morgan fingerprint density at radius 2 is 2.38 bits per heavy atom. The zero-order chi connectivity index (χ0) is 11.4. The molecule has 0 aliphatic heterocycles. The zero-order valence-electron chi connectivity index (χ0n) is 9.19. The Hall–Kier alpha value is -1.01. The number of aromatic nitrogens is 2. The normalized spacial score (nSPS) is 10.6. The van der Waals surface area contributed by atoms with Crippen LogP contribution in [0.25, 0.3) is 0 Å². The first-order valence-electron chi connectivity index (χ1n) is 5.02. The Labute approximate surface area is 102 Å². The number of hydrogen-bond acceptors (Lipinski definition) is 6. The maximum atomic E-state index is 5.23. The van der Waals surface area contributed by atoms with Crippen LogP contribution in [0.4, 0.5) is 5.13 Å². The minimum absolute atomic E-state index is 0.837. The number of anilines is 1. The molecule has 6 heteroatoms. The lowest BCUT2D eigenvalue weighted by Crippen LogP contribution is -1.94. The fourth-order valence-corrected chi connectivity index (χ4v) is 2.95. The molecule has 0 fully saturated rings. The molecular weight excluding hydrogens is 242 g/mol. The number of rotatable bonds is 5. The molecule has 2 rings (SSSR count). The van der Waals surface area contributed by atoms with Gasteiger partial charge in [0.1, 0.15) is 10.8 Å². The molecule has 0 aliphatic carbocycles. The summed E-state index contributed by atoms with van der Waals surface area (Å²) >= 11 is 3.33. The topological polar surface area (TPSA) is 51.0 Å². The van der Waals surface area contributed by atoms with Crippen molar-refractivity contribution in [1.82, 2.24) is 10.2 Å². The van der Waals surface area contributed by atoms with E-state index < -0.39 is 0 Å². The second-order valence-corrected chi connectivity index (χ2v) is 5.24. The number of hydrogen-bond donors (Lipinski definition) is 1. The average molecular weight is 255 g/mol. The highest BCUT2D eigenvalue weighted by molar-refractivity contribution is 7.98. The highest BCUT2D eigenvalue weighted by Gasteiger charge is 2.06. The summed E-state index contributed by atoms with van der Waals surface area (Å²) in [7, 11) is 0. The summed E-state index contributed by atoms with van der Waals surface area (Å²) in [6, 6.07) is 1.98. The van der Waals surface area contributed by atoms with Crippen molar-refractivity contribution in [2.45, 2.75) is 24.5 Å². The SMILES string of the molecule is CCNc1nnc(CSc2ccoc2C)s1. The van der Waals surface area contributed by atoms with E-state index in [9.17, 15) is 0 Å². The van der Waals surface area contributed by atoms with Crippen LogP contribution in [0.2, 0.25) is 0 Å². The Morgan fingerprint density at radius 1 is 1.50 bits per heavy atom. The summed E-state index contributed by atoms with van der Waals surface area (Å²) in [5, 5.41) is 13.2. The number of aryl methyl sites for hydroxylation is 1. The fraction of sp³-hybridized carbons (Fsp3) is 0.400. The van der Waals surface area contributed by atoms with E-state index in [2.05, 4.69) is 15.5 Å². The third-order valence-electron chi connectivity index (χ3n) is 1.96. The second-order valence-electron chi connectivity index (χ2n) is 3.16. The van der Waals surface area contributed by atoms with Gasteiger partial charge in [-0.05, 0) is 19.9 Å². The fourth-order valence-electron chi connectivity index (χ4n) is 1.20. The van der Waals surface area contributed by atoms with Gasteiger partial charge in [0, 0.05) is 11.4 Å². The van der Waals surface area contributed by atoms with Crippen molar-refractivity contribution in [2.75, 3.05) is 11.9 Å². The van der Waals surface area contributed by atoms with Crippen LogP contribution >= 0.6 is 23.1 Å². The summed E-state index contributed by atoms with van der Waals surface area (Å²) in [6.07, 6.45) is 1.71. The van der Waals surface area contributed by atoms with Crippen molar-refractivity contribution in [2.24, 2.45) is 0 Å². The van der Waals surface area contributed by atoms with Gasteiger partial charge in [-0.2, -0.15) is 0 Å². The van der Waals surface area contributed by atoms with Gasteiger partial charge in [-0.25, -0.2) is 0 Å². The minimum atomic E-state index is 0.837. The van der Waals surface area contributed by atoms with Gasteiger partial charge < -0.3 is 9.73 Å². The van der Waals surface area contributed by atoms with E-state index in [4.69, 9.17) is 4.42 Å². The van der Waals surface area contributed by atoms with Gasteiger partial charge in [0.15, 0.2) is 0 Å². The smallest absolute Gasteiger partial charge is 0.205 e. The summed E-state index contributed by atoms with van der Waals surface area (Å²) in [4.78, 5) is 1.17. The van der Waals surface area contributed by atoms with Crippen LogP contribution < -0.4 is 5.32 Å². The molecule has 0 bridgehead atoms. The largest absolute Gasteiger partial charge is 0.468 e. The van der Waals surface area contributed by atoms with Crippen molar-refractivity contribution in [3.8, 4) is 0 Å². The van der Waals surface area contributed by atoms with E-state index in [1.54, 1.807) is 29.4 Å². The molecule has 0 amide bonds. The molecule has 4 nitrogen and oxygen atoms in total. The molecule has 2 aromatic heterocycles. The molecule has 0 spiro atoms. The lowest BCUT2D eigenvalue weighted by molar-refractivity contribution is 0.527. The van der Waals surface area contributed by atoms with Crippen molar-refractivity contribution in [3.05, 3.63) is 23.1 Å². The molecule has 1 N–H and O–H groups in total. The second kappa shape index (κ2) is 5.36. The highest BCUT2D eigenvalue weighted by atomic mass is 32.2. The van der Waals surface area contributed by atoms with Crippen LogP contribution in [-0.4, -0.2) is 16.7 Å². The third-order valence-corrected chi connectivity index (χ3v) is 4.17. The monoisotopic (exact) mass is 255 g/mol. The van der Waals surface area contributed by atoms with Crippen molar-refractivity contribution in [1.29, 1.82) is 0 Å². The maximum Gasteiger partial charge on any atom is 0.205 e. The predicted octanol–water partition coefficient (Wildman–Crippen LogP) is 3.16. The Balaban J connectivity index is 1.92. The van der Waals surface area contributed by atoms with Crippen LogP contribution in [0.3, 0.4) is 0 Å². The van der Waals surface area contributed by atoms with Crippen LogP contribution in [0.15, 0.2) is 21.6 Å². The van der Waals surface area contributed by atoms with Gasteiger partial charge in [-0.3, -0.25) is 0 Å². The van der Waals surface area contributed by atoms with E-state index in [0.29, 0.717) is 0 Å². The van der Waals surface area contributed by atoms with Crippen molar-refractivity contribution < 1.29 is 4.42 Å². The quantitative estimate of drug-likeness (QED) is 0.832. The van der Waals surface area contributed by atoms with E-state index in [0.717, 1.165) is 28.2 Å². The van der Waals surface area contributed by atoms with E-state index in [1.165, 1.54) is 4.90 Å². The highest BCUT2D eigenvalue weighted by Crippen LogP contribution is 2.28. The van der Waals surface area contributed by atoms with Crippen molar-refractivity contribution in [3.63, 3.8) is 0 Å². The van der Waals surface area contributed by atoms with Gasteiger partial charge in [0.2, 0.25) is 5.13 Å². The lowest BCUT2D eigenvalue weighted by atomic mass is 10.5. The van der Waals surface area contributed by atoms with Gasteiger partial charge in [0.25, 0.3) is 0 Å². The molecule has 16 heavy (non-hydrogen) atoms. The van der Waals surface area contributed by atoms with Gasteiger partial charge >= 0.3 is 0 Å². The lowest BCUT2D eigenvalue weighted by Gasteiger charge is -1.95. The molecule has 0 saturated carbocycles. The van der Waals surface area contributed by atoms with E-state index in [1.807, 2.05) is 19.9 Å². The third kappa shape index (κ3) is 2.76. The minimum Gasteiger partial charge on any atom is -0.468 e. The number of nitrogens with one attached hydrogen (secondary N) is 1. The van der Waals surface area contributed by atoms with Crippen molar-refractivity contribution >= 4 is 28.2 Å². The Morgan fingerprint density at radius 3 is 3.06 bits per heavy atom. The van der Waals surface area contributed by atoms with Crippen LogP contribution in [0.5, 0.6) is 0 Å². The average Bonchev–Trinajstić information content (AvgIpc) is 2.86.